The van der Waals surface area contributed by atoms with Crippen LogP contribution in [0.25, 0.3) is 0 Å². The fourth-order valence-corrected chi connectivity index (χ4v) is 1.13. The van der Waals surface area contributed by atoms with Gasteiger partial charge in [0.15, 0.2) is 0 Å². The third kappa shape index (κ3) is 2.20. The van der Waals surface area contributed by atoms with E-state index in [-0.39, 0.29) is 6.04 Å². The number of methoxy groups -OCH3 is 1. The molecule has 0 amide bonds. The van der Waals surface area contributed by atoms with Crippen LogP contribution in [0, 0.1) is 0 Å². The second-order valence-corrected chi connectivity index (χ2v) is 2.90. The summed E-state index contributed by atoms with van der Waals surface area (Å²) in [6.45, 7) is 3.59. The van der Waals surface area contributed by atoms with E-state index in [0.29, 0.717) is 10.9 Å². The highest BCUT2D eigenvalue weighted by atomic mass is 35.5. The van der Waals surface area contributed by atoms with Crippen molar-refractivity contribution in [3.05, 3.63) is 35.6 Å². The fourth-order valence-electron chi connectivity index (χ4n) is 0.978. The van der Waals surface area contributed by atoms with Crippen LogP contribution in [0.3, 0.4) is 0 Å². The normalized spacial score (nSPS) is 12.2. The van der Waals surface area contributed by atoms with E-state index >= 15 is 0 Å². The molecule has 1 rings (SSSR count). The molecule has 0 aliphatic heterocycles. The molecular formula is C9H11ClN2O. The molecular weight excluding hydrogens is 188 g/mol. The highest BCUT2D eigenvalue weighted by Gasteiger charge is 2.09. The van der Waals surface area contributed by atoms with Gasteiger partial charge >= 0.3 is 0 Å². The molecule has 0 saturated heterocycles. The van der Waals surface area contributed by atoms with E-state index in [1.165, 1.54) is 0 Å². The Morgan fingerprint density at radius 2 is 2.46 bits per heavy atom. The van der Waals surface area contributed by atoms with Crippen LogP contribution in [0.4, 0.5) is 0 Å². The molecule has 0 aliphatic rings. The Bertz CT molecular complexity index is 314. The summed E-state index contributed by atoms with van der Waals surface area (Å²) in [5.74, 6) is 0.632. The Morgan fingerprint density at radius 3 is 3.00 bits per heavy atom. The van der Waals surface area contributed by atoms with Gasteiger partial charge in [0.1, 0.15) is 10.9 Å². The molecule has 0 fully saturated rings. The van der Waals surface area contributed by atoms with Crippen molar-refractivity contribution in [3.8, 4) is 5.75 Å². The third-order valence-corrected chi connectivity index (χ3v) is 1.90. The minimum absolute atomic E-state index is 0.278. The summed E-state index contributed by atoms with van der Waals surface area (Å²) in [7, 11) is 1.56. The van der Waals surface area contributed by atoms with Crippen LogP contribution in [0.1, 0.15) is 11.6 Å². The lowest BCUT2D eigenvalue weighted by molar-refractivity contribution is 0.407. The van der Waals surface area contributed by atoms with Crippen LogP contribution < -0.4 is 10.5 Å². The first-order chi connectivity index (χ1) is 6.19. The number of hydrogen-bond acceptors (Lipinski definition) is 3. The molecule has 1 aromatic heterocycles. The smallest absolute Gasteiger partial charge is 0.132 e. The minimum atomic E-state index is -0.278. The maximum atomic E-state index is 5.74. The summed E-state index contributed by atoms with van der Waals surface area (Å²) in [5, 5.41) is 0.386. The number of aromatic nitrogens is 1. The van der Waals surface area contributed by atoms with Crippen molar-refractivity contribution in [1.82, 2.24) is 4.98 Å². The van der Waals surface area contributed by atoms with Crippen molar-refractivity contribution >= 4 is 11.6 Å². The standard InChI is InChI=1S/C9H11ClN2O/c1-3-7(11)6-5-12-9(10)4-8(6)13-2/h3-5,7H,1,11H2,2H3/t7-/m0/s1. The van der Waals surface area contributed by atoms with Crippen molar-refractivity contribution < 1.29 is 4.74 Å². The van der Waals surface area contributed by atoms with Gasteiger partial charge in [-0.05, 0) is 0 Å². The summed E-state index contributed by atoms with van der Waals surface area (Å²) in [6, 6.07) is 1.35. The maximum Gasteiger partial charge on any atom is 0.132 e. The Labute approximate surface area is 82.2 Å². The third-order valence-electron chi connectivity index (χ3n) is 1.69. The van der Waals surface area contributed by atoms with Crippen LogP contribution >= 0.6 is 11.6 Å². The largest absolute Gasteiger partial charge is 0.496 e. The number of rotatable bonds is 3. The molecule has 0 radical (unpaired) electrons. The van der Waals surface area contributed by atoms with Gasteiger partial charge in [-0.1, -0.05) is 17.7 Å². The first kappa shape index (κ1) is 10.0. The lowest BCUT2D eigenvalue weighted by Crippen LogP contribution is -2.08. The first-order valence-corrected chi connectivity index (χ1v) is 4.14. The number of pyridine rings is 1. The van der Waals surface area contributed by atoms with Gasteiger partial charge in [0.05, 0.1) is 13.2 Å². The van der Waals surface area contributed by atoms with E-state index < -0.39 is 0 Å². The van der Waals surface area contributed by atoms with Crippen LogP contribution in [-0.4, -0.2) is 12.1 Å². The monoisotopic (exact) mass is 198 g/mol. The highest BCUT2D eigenvalue weighted by molar-refractivity contribution is 6.29. The van der Waals surface area contributed by atoms with Gasteiger partial charge in [-0.15, -0.1) is 6.58 Å². The lowest BCUT2D eigenvalue weighted by Gasteiger charge is -2.11. The SMILES string of the molecule is C=C[C@H](N)c1cnc(Cl)cc1OC. The molecule has 0 aromatic carbocycles. The zero-order valence-corrected chi connectivity index (χ0v) is 8.08. The maximum absolute atomic E-state index is 5.74. The van der Waals surface area contributed by atoms with Crippen LogP contribution in [0.2, 0.25) is 5.15 Å². The van der Waals surface area contributed by atoms with E-state index in [4.69, 9.17) is 22.1 Å². The summed E-state index contributed by atoms with van der Waals surface area (Å²) < 4.78 is 5.10. The molecule has 0 aliphatic carbocycles. The van der Waals surface area contributed by atoms with Crippen molar-refractivity contribution in [2.24, 2.45) is 5.73 Å². The Morgan fingerprint density at radius 1 is 1.77 bits per heavy atom. The molecule has 1 atom stereocenters. The average molecular weight is 199 g/mol. The molecule has 70 valence electrons. The van der Waals surface area contributed by atoms with E-state index in [2.05, 4.69) is 11.6 Å². The van der Waals surface area contributed by atoms with Crippen LogP contribution in [-0.2, 0) is 0 Å². The molecule has 0 spiro atoms. The van der Waals surface area contributed by atoms with Crippen molar-refractivity contribution in [1.29, 1.82) is 0 Å². The molecule has 13 heavy (non-hydrogen) atoms. The number of hydrogen-bond donors (Lipinski definition) is 1. The molecule has 1 aromatic rings. The van der Waals surface area contributed by atoms with Crippen LogP contribution in [0.5, 0.6) is 5.75 Å². The molecule has 2 N–H and O–H groups in total. The summed E-state index contributed by atoms with van der Waals surface area (Å²) >= 11 is 5.69. The molecule has 3 nitrogen and oxygen atoms in total. The van der Waals surface area contributed by atoms with Gasteiger partial charge in [-0.2, -0.15) is 0 Å². The van der Waals surface area contributed by atoms with E-state index in [1.807, 2.05) is 0 Å². The summed E-state index contributed by atoms with van der Waals surface area (Å²) in [5.41, 5.74) is 6.52. The molecule has 0 bridgehead atoms. The number of nitrogens with zero attached hydrogens (tertiary/aromatic N) is 1. The number of nitrogens with two attached hydrogens (primary N) is 1. The van der Waals surface area contributed by atoms with Crippen LogP contribution in [0.15, 0.2) is 24.9 Å². The molecule has 0 saturated carbocycles. The van der Waals surface area contributed by atoms with Crippen molar-refractivity contribution in [2.45, 2.75) is 6.04 Å². The summed E-state index contributed by atoms with van der Waals surface area (Å²) in [4.78, 5) is 3.91. The Hall–Kier alpha value is -1.06. The summed E-state index contributed by atoms with van der Waals surface area (Å²) in [6.07, 6.45) is 3.21. The molecule has 4 heteroatoms. The van der Waals surface area contributed by atoms with Gasteiger partial charge < -0.3 is 10.5 Å². The van der Waals surface area contributed by atoms with Gasteiger partial charge in [0, 0.05) is 17.8 Å². The lowest BCUT2D eigenvalue weighted by atomic mass is 10.1. The van der Waals surface area contributed by atoms with E-state index in [1.54, 1.807) is 25.4 Å². The Kier molecular flexibility index (Phi) is 3.28. The number of halogens is 1. The zero-order chi connectivity index (χ0) is 9.84. The second kappa shape index (κ2) is 4.25. The minimum Gasteiger partial charge on any atom is -0.496 e. The van der Waals surface area contributed by atoms with E-state index in [0.717, 1.165) is 5.56 Å². The van der Waals surface area contributed by atoms with Gasteiger partial charge in [-0.25, -0.2) is 4.98 Å². The van der Waals surface area contributed by atoms with Gasteiger partial charge in [0.2, 0.25) is 0 Å². The predicted molar refractivity (Wildman–Crippen MR) is 52.9 cm³/mol. The van der Waals surface area contributed by atoms with Crippen molar-refractivity contribution in [2.75, 3.05) is 7.11 Å². The molecule has 0 unspecified atom stereocenters. The first-order valence-electron chi connectivity index (χ1n) is 3.76. The van der Waals surface area contributed by atoms with Gasteiger partial charge in [0.25, 0.3) is 0 Å². The quantitative estimate of drug-likeness (QED) is 0.597. The van der Waals surface area contributed by atoms with Crippen molar-refractivity contribution in [3.63, 3.8) is 0 Å². The van der Waals surface area contributed by atoms with Gasteiger partial charge in [-0.3, -0.25) is 0 Å². The Balaban J connectivity index is 3.12. The zero-order valence-electron chi connectivity index (χ0n) is 7.33. The second-order valence-electron chi connectivity index (χ2n) is 2.51. The topological polar surface area (TPSA) is 48.1 Å². The number of ether oxygens (including phenoxy) is 1. The fraction of sp³-hybridized carbons (Fsp3) is 0.222. The predicted octanol–water partition coefficient (Wildman–Crippen LogP) is 1.93. The van der Waals surface area contributed by atoms with E-state index in [9.17, 15) is 0 Å². The average Bonchev–Trinajstić information content (AvgIpc) is 2.16. The molecule has 1 heterocycles. The highest BCUT2D eigenvalue weighted by Crippen LogP contribution is 2.25.